The number of thiophene rings is 1. The second-order valence-electron chi connectivity index (χ2n) is 5.40. The van der Waals surface area contributed by atoms with Gasteiger partial charge in [0, 0.05) is 20.6 Å². The van der Waals surface area contributed by atoms with Crippen LogP contribution in [-0.4, -0.2) is 47.2 Å². The monoisotopic (exact) mass is 335 g/mol. The van der Waals surface area contributed by atoms with E-state index in [0.29, 0.717) is 4.88 Å². The standard InChI is InChI=1S/C15H17N3O2S2/c1-17(2)14(19)12-9-16-13(22-12)10-5-3-7-18(10)15(20)11-6-4-8-21-11/h4,6,8-10H,3,5,7H2,1-2H3/t10-/m0/s1. The lowest BCUT2D eigenvalue weighted by Gasteiger charge is -2.22. The summed E-state index contributed by atoms with van der Waals surface area (Å²) in [4.78, 5) is 33.8. The van der Waals surface area contributed by atoms with Gasteiger partial charge >= 0.3 is 0 Å². The van der Waals surface area contributed by atoms with E-state index in [1.807, 2.05) is 22.4 Å². The molecule has 3 rings (SSSR count). The molecule has 0 bridgehead atoms. The van der Waals surface area contributed by atoms with Gasteiger partial charge in [-0.05, 0) is 24.3 Å². The normalized spacial score (nSPS) is 17.7. The van der Waals surface area contributed by atoms with E-state index < -0.39 is 0 Å². The van der Waals surface area contributed by atoms with Gasteiger partial charge in [-0.1, -0.05) is 6.07 Å². The summed E-state index contributed by atoms with van der Waals surface area (Å²) in [5.41, 5.74) is 0. The Morgan fingerprint density at radius 2 is 2.18 bits per heavy atom. The topological polar surface area (TPSA) is 53.5 Å². The van der Waals surface area contributed by atoms with Crippen LogP contribution in [0.25, 0.3) is 0 Å². The summed E-state index contributed by atoms with van der Waals surface area (Å²) in [5.74, 6) is 0.0195. The molecule has 0 N–H and O–H groups in total. The van der Waals surface area contributed by atoms with E-state index in [4.69, 9.17) is 0 Å². The highest BCUT2D eigenvalue weighted by atomic mass is 32.1. The summed E-state index contributed by atoms with van der Waals surface area (Å²) in [6.07, 6.45) is 3.49. The number of hydrogen-bond donors (Lipinski definition) is 0. The largest absolute Gasteiger partial charge is 0.344 e. The average molecular weight is 335 g/mol. The third kappa shape index (κ3) is 2.78. The molecule has 0 radical (unpaired) electrons. The molecule has 0 aliphatic carbocycles. The lowest BCUT2D eigenvalue weighted by molar-refractivity contribution is 0.0740. The number of nitrogens with zero attached hydrogens (tertiary/aromatic N) is 3. The maximum absolute atomic E-state index is 12.6. The van der Waals surface area contributed by atoms with E-state index in [2.05, 4.69) is 4.98 Å². The minimum atomic E-state index is -0.0436. The van der Waals surface area contributed by atoms with Crippen molar-refractivity contribution >= 4 is 34.5 Å². The molecule has 5 nitrogen and oxygen atoms in total. The maximum atomic E-state index is 12.6. The van der Waals surface area contributed by atoms with Gasteiger partial charge in [-0.3, -0.25) is 9.59 Å². The van der Waals surface area contributed by atoms with Crippen molar-refractivity contribution in [2.75, 3.05) is 20.6 Å². The zero-order valence-electron chi connectivity index (χ0n) is 12.5. The third-order valence-electron chi connectivity index (χ3n) is 3.67. The number of likely N-dealkylation sites (tertiary alicyclic amines) is 1. The number of aromatic nitrogens is 1. The molecule has 22 heavy (non-hydrogen) atoms. The summed E-state index contributed by atoms with van der Waals surface area (Å²) >= 11 is 2.85. The summed E-state index contributed by atoms with van der Waals surface area (Å²) in [7, 11) is 3.45. The van der Waals surface area contributed by atoms with Crippen LogP contribution in [0, 0.1) is 0 Å². The predicted octanol–water partition coefficient (Wildman–Crippen LogP) is 2.88. The number of rotatable bonds is 3. The highest BCUT2D eigenvalue weighted by molar-refractivity contribution is 7.13. The molecule has 2 aromatic rings. The maximum Gasteiger partial charge on any atom is 0.265 e. The van der Waals surface area contributed by atoms with Crippen molar-refractivity contribution in [1.29, 1.82) is 0 Å². The van der Waals surface area contributed by atoms with Gasteiger partial charge in [0.25, 0.3) is 11.8 Å². The van der Waals surface area contributed by atoms with Crippen molar-refractivity contribution in [2.45, 2.75) is 18.9 Å². The van der Waals surface area contributed by atoms with Crippen LogP contribution in [0.4, 0.5) is 0 Å². The van der Waals surface area contributed by atoms with E-state index in [9.17, 15) is 9.59 Å². The zero-order chi connectivity index (χ0) is 15.7. The first-order chi connectivity index (χ1) is 10.6. The number of carbonyl (C=O) groups excluding carboxylic acids is 2. The van der Waals surface area contributed by atoms with Crippen LogP contribution in [0.15, 0.2) is 23.7 Å². The van der Waals surface area contributed by atoms with Crippen LogP contribution in [0.2, 0.25) is 0 Å². The van der Waals surface area contributed by atoms with Crippen molar-refractivity contribution in [3.05, 3.63) is 38.5 Å². The van der Waals surface area contributed by atoms with Crippen LogP contribution < -0.4 is 0 Å². The fraction of sp³-hybridized carbons (Fsp3) is 0.400. The molecule has 3 heterocycles. The lowest BCUT2D eigenvalue weighted by atomic mass is 10.2. The number of amides is 2. The molecule has 1 fully saturated rings. The third-order valence-corrected chi connectivity index (χ3v) is 5.62. The fourth-order valence-corrected chi connectivity index (χ4v) is 4.34. The Hall–Kier alpha value is -1.73. The molecule has 7 heteroatoms. The quantitative estimate of drug-likeness (QED) is 0.867. The molecule has 2 aromatic heterocycles. The molecular formula is C15H17N3O2S2. The van der Waals surface area contributed by atoms with Gasteiger partial charge in [-0.25, -0.2) is 4.98 Å². The highest BCUT2D eigenvalue weighted by Crippen LogP contribution is 2.35. The molecular weight excluding hydrogens is 318 g/mol. The van der Waals surface area contributed by atoms with Crippen molar-refractivity contribution in [1.82, 2.24) is 14.8 Å². The summed E-state index contributed by atoms with van der Waals surface area (Å²) in [6.45, 7) is 0.748. The van der Waals surface area contributed by atoms with Gasteiger partial charge in [0.05, 0.1) is 17.1 Å². The molecule has 0 unspecified atom stereocenters. The molecule has 0 saturated carbocycles. The summed E-state index contributed by atoms with van der Waals surface area (Å²) in [6, 6.07) is 3.73. The summed E-state index contributed by atoms with van der Waals surface area (Å²) < 4.78 is 0. The van der Waals surface area contributed by atoms with Gasteiger partial charge in [-0.15, -0.1) is 22.7 Å². The highest BCUT2D eigenvalue weighted by Gasteiger charge is 2.33. The second kappa shape index (κ2) is 6.18. The first-order valence-corrected chi connectivity index (χ1v) is 8.79. The Bertz CT molecular complexity index is 679. The van der Waals surface area contributed by atoms with Gasteiger partial charge in [0.15, 0.2) is 0 Å². The number of carbonyl (C=O) groups is 2. The lowest BCUT2D eigenvalue weighted by Crippen LogP contribution is -2.29. The number of hydrogen-bond acceptors (Lipinski definition) is 5. The molecule has 1 saturated heterocycles. The van der Waals surface area contributed by atoms with Gasteiger partial charge in [0.2, 0.25) is 0 Å². The zero-order valence-corrected chi connectivity index (χ0v) is 14.1. The van der Waals surface area contributed by atoms with E-state index >= 15 is 0 Å². The Morgan fingerprint density at radius 3 is 2.86 bits per heavy atom. The molecule has 1 aliphatic heterocycles. The van der Waals surface area contributed by atoms with Crippen molar-refractivity contribution in [3.63, 3.8) is 0 Å². The van der Waals surface area contributed by atoms with E-state index in [0.717, 1.165) is 29.3 Å². The van der Waals surface area contributed by atoms with Crippen LogP contribution in [-0.2, 0) is 0 Å². The number of thiazole rings is 1. The van der Waals surface area contributed by atoms with Gasteiger partial charge in [0.1, 0.15) is 9.88 Å². The van der Waals surface area contributed by atoms with Crippen LogP contribution in [0.5, 0.6) is 0 Å². The smallest absolute Gasteiger partial charge is 0.265 e. The van der Waals surface area contributed by atoms with Crippen LogP contribution >= 0.6 is 22.7 Å². The Labute approximate surface area is 137 Å². The molecule has 1 aliphatic rings. The van der Waals surface area contributed by atoms with Crippen LogP contribution in [0.1, 0.15) is 43.2 Å². The van der Waals surface area contributed by atoms with Crippen LogP contribution in [0.3, 0.4) is 0 Å². The minimum absolute atomic E-state index is 0.0108. The molecule has 1 atom stereocenters. The molecule has 0 aromatic carbocycles. The first-order valence-electron chi connectivity index (χ1n) is 7.10. The van der Waals surface area contributed by atoms with E-state index in [1.165, 1.54) is 22.7 Å². The van der Waals surface area contributed by atoms with E-state index in [1.54, 1.807) is 25.2 Å². The van der Waals surface area contributed by atoms with E-state index in [-0.39, 0.29) is 17.9 Å². The first kappa shape index (κ1) is 15.2. The van der Waals surface area contributed by atoms with Crippen molar-refractivity contribution in [2.24, 2.45) is 0 Å². The van der Waals surface area contributed by atoms with Crippen molar-refractivity contribution in [3.8, 4) is 0 Å². The molecule has 0 spiro atoms. The average Bonchev–Trinajstić information content (AvgIpc) is 3.24. The Balaban J connectivity index is 1.82. The van der Waals surface area contributed by atoms with Crippen molar-refractivity contribution < 1.29 is 9.59 Å². The van der Waals surface area contributed by atoms with Gasteiger partial charge < -0.3 is 9.80 Å². The van der Waals surface area contributed by atoms with Gasteiger partial charge in [-0.2, -0.15) is 0 Å². The summed E-state index contributed by atoms with van der Waals surface area (Å²) in [5, 5.41) is 2.77. The Morgan fingerprint density at radius 1 is 1.36 bits per heavy atom. The SMILES string of the molecule is CN(C)C(=O)c1cnc([C@@H]2CCCN2C(=O)c2cccs2)s1. The predicted molar refractivity (Wildman–Crippen MR) is 87.5 cm³/mol. The minimum Gasteiger partial charge on any atom is -0.344 e. The second-order valence-corrected chi connectivity index (χ2v) is 7.41. The Kier molecular flexibility index (Phi) is 4.26. The molecule has 116 valence electrons. The molecule has 2 amide bonds. The fourth-order valence-electron chi connectivity index (χ4n) is 2.57.